The van der Waals surface area contributed by atoms with E-state index in [1.807, 2.05) is 103 Å². The van der Waals surface area contributed by atoms with Crippen molar-refractivity contribution in [2.75, 3.05) is 0 Å². The van der Waals surface area contributed by atoms with E-state index in [1.54, 1.807) is 0 Å². The summed E-state index contributed by atoms with van der Waals surface area (Å²) in [5.74, 6) is 2.63. The van der Waals surface area contributed by atoms with Gasteiger partial charge in [0, 0.05) is 11.3 Å². The Labute approximate surface area is 201 Å². The summed E-state index contributed by atoms with van der Waals surface area (Å²) in [5, 5.41) is 13.6. The van der Waals surface area contributed by atoms with E-state index in [1.165, 1.54) is 11.8 Å². The third kappa shape index (κ3) is 4.72. The van der Waals surface area contributed by atoms with Crippen LogP contribution in [0.25, 0.3) is 17.1 Å². The number of thioether (sulfide) groups is 1. The highest BCUT2D eigenvalue weighted by Gasteiger charge is 2.22. The van der Waals surface area contributed by atoms with Crippen LogP contribution in [0.4, 0.5) is 0 Å². The lowest BCUT2D eigenvalue weighted by atomic mass is 10.2. The van der Waals surface area contributed by atoms with Gasteiger partial charge >= 0.3 is 0 Å². The molecular formula is C26H23N5O2S. The van der Waals surface area contributed by atoms with E-state index in [9.17, 15) is 0 Å². The minimum atomic E-state index is -0.123. The SMILES string of the molecule is Cc1ccccc1OCc1nnc(SC(C)c2nc(-c3ccccc3)no2)n1-c1ccccc1. The summed E-state index contributed by atoms with van der Waals surface area (Å²) >= 11 is 1.51. The number of hydrogen-bond acceptors (Lipinski definition) is 7. The number of aromatic nitrogens is 5. The lowest BCUT2D eigenvalue weighted by Gasteiger charge is -2.13. The highest BCUT2D eigenvalue weighted by molar-refractivity contribution is 7.99. The predicted molar refractivity (Wildman–Crippen MR) is 131 cm³/mol. The number of ether oxygens (including phenoxy) is 1. The molecule has 1 unspecified atom stereocenters. The summed E-state index contributed by atoms with van der Waals surface area (Å²) < 4.78 is 13.6. The first-order valence-corrected chi connectivity index (χ1v) is 11.8. The lowest BCUT2D eigenvalue weighted by molar-refractivity contribution is 0.291. The molecular weight excluding hydrogens is 446 g/mol. The summed E-state index contributed by atoms with van der Waals surface area (Å²) in [6, 6.07) is 27.7. The zero-order valence-corrected chi connectivity index (χ0v) is 19.6. The van der Waals surface area contributed by atoms with Gasteiger partial charge in [0.15, 0.2) is 11.0 Å². The summed E-state index contributed by atoms with van der Waals surface area (Å²) in [7, 11) is 0. The Balaban J connectivity index is 1.40. The number of nitrogens with zero attached hydrogens (tertiary/aromatic N) is 5. The van der Waals surface area contributed by atoms with Gasteiger partial charge in [0.1, 0.15) is 12.4 Å². The van der Waals surface area contributed by atoms with Gasteiger partial charge in [-0.3, -0.25) is 4.57 Å². The van der Waals surface area contributed by atoms with Gasteiger partial charge in [0.05, 0.1) is 5.25 Å². The van der Waals surface area contributed by atoms with Gasteiger partial charge in [-0.2, -0.15) is 4.98 Å². The van der Waals surface area contributed by atoms with Crippen molar-refractivity contribution in [1.29, 1.82) is 0 Å². The van der Waals surface area contributed by atoms with Crippen molar-refractivity contribution in [2.45, 2.75) is 30.9 Å². The molecule has 2 aromatic heterocycles. The maximum Gasteiger partial charge on any atom is 0.240 e. The maximum atomic E-state index is 6.07. The summed E-state index contributed by atoms with van der Waals surface area (Å²) in [5.41, 5.74) is 2.95. The standard InChI is InChI=1S/C26H23N5O2S/c1-18-11-9-10-16-22(18)32-17-23-28-29-26(31(23)21-14-7-4-8-15-21)34-19(2)25-27-24(30-33-25)20-12-5-3-6-13-20/h3-16,19H,17H2,1-2H3. The summed E-state index contributed by atoms with van der Waals surface area (Å²) in [4.78, 5) is 4.59. The van der Waals surface area contributed by atoms with Gasteiger partial charge < -0.3 is 9.26 Å². The van der Waals surface area contributed by atoms with Crippen molar-refractivity contribution >= 4 is 11.8 Å². The van der Waals surface area contributed by atoms with Crippen LogP contribution in [0.5, 0.6) is 5.75 Å². The minimum Gasteiger partial charge on any atom is -0.485 e. The quantitative estimate of drug-likeness (QED) is 0.256. The Hall–Kier alpha value is -3.91. The van der Waals surface area contributed by atoms with E-state index in [-0.39, 0.29) is 5.25 Å². The largest absolute Gasteiger partial charge is 0.485 e. The second kappa shape index (κ2) is 9.93. The zero-order chi connectivity index (χ0) is 23.3. The van der Waals surface area contributed by atoms with Gasteiger partial charge in [-0.15, -0.1) is 10.2 Å². The van der Waals surface area contributed by atoms with Crippen molar-refractivity contribution in [3.63, 3.8) is 0 Å². The molecule has 5 rings (SSSR count). The Morgan fingerprint density at radius 1 is 0.912 bits per heavy atom. The molecule has 0 aliphatic heterocycles. The molecule has 0 aliphatic carbocycles. The molecule has 0 spiro atoms. The second-order valence-electron chi connectivity index (χ2n) is 7.71. The number of para-hydroxylation sites is 2. The first-order valence-electron chi connectivity index (χ1n) is 10.9. The lowest BCUT2D eigenvalue weighted by Crippen LogP contribution is -2.07. The Kier molecular flexibility index (Phi) is 6.40. The zero-order valence-electron chi connectivity index (χ0n) is 18.8. The number of aryl methyl sites for hydroxylation is 1. The van der Waals surface area contributed by atoms with Gasteiger partial charge in [-0.05, 0) is 37.6 Å². The monoisotopic (exact) mass is 469 g/mol. The molecule has 0 radical (unpaired) electrons. The van der Waals surface area contributed by atoms with Crippen molar-refractivity contribution < 1.29 is 9.26 Å². The summed E-state index contributed by atoms with van der Waals surface area (Å²) in [6.07, 6.45) is 0. The molecule has 0 saturated carbocycles. The number of hydrogen-bond donors (Lipinski definition) is 0. The van der Waals surface area contributed by atoms with Crippen LogP contribution in [0.3, 0.4) is 0 Å². The van der Waals surface area contributed by atoms with E-state index < -0.39 is 0 Å². The molecule has 0 bridgehead atoms. The molecule has 3 aromatic carbocycles. The van der Waals surface area contributed by atoms with Crippen LogP contribution >= 0.6 is 11.8 Å². The van der Waals surface area contributed by atoms with E-state index in [4.69, 9.17) is 9.26 Å². The molecule has 0 aliphatic rings. The van der Waals surface area contributed by atoms with Crippen LogP contribution in [0.2, 0.25) is 0 Å². The van der Waals surface area contributed by atoms with Crippen LogP contribution in [0.1, 0.15) is 29.5 Å². The molecule has 0 fully saturated rings. The Morgan fingerprint density at radius 2 is 1.62 bits per heavy atom. The topological polar surface area (TPSA) is 78.9 Å². The molecule has 0 N–H and O–H groups in total. The van der Waals surface area contributed by atoms with Crippen LogP contribution in [-0.2, 0) is 6.61 Å². The fourth-order valence-corrected chi connectivity index (χ4v) is 4.40. The average Bonchev–Trinajstić information content (AvgIpc) is 3.52. The van der Waals surface area contributed by atoms with Crippen molar-refractivity contribution in [2.24, 2.45) is 0 Å². The minimum absolute atomic E-state index is 0.123. The van der Waals surface area contributed by atoms with Crippen LogP contribution in [0.15, 0.2) is 94.6 Å². The van der Waals surface area contributed by atoms with E-state index in [0.717, 1.165) is 27.7 Å². The molecule has 34 heavy (non-hydrogen) atoms. The van der Waals surface area contributed by atoms with Crippen molar-refractivity contribution in [3.8, 4) is 22.8 Å². The molecule has 2 heterocycles. The molecule has 1 atom stereocenters. The molecule has 0 amide bonds. The summed E-state index contributed by atoms with van der Waals surface area (Å²) in [6.45, 7) is 4.33. The molecule has 170 valence electrons. The smallest absolute Gasteiger partial charge is 0.240 e. The fourth-order valence-electron chi connectivity index (χ4n) is 3.48. The first-order chi connectivity index (χ1) is 16.7. The van der Waals surface area contributed by atoms with E-state index in [0.29, 0.717) is 24.1 Å². The Bertz CT molecular complexity index is 1370. The highest BCUT2D eigenvalue weighted by atomic mass is 32.2. The molecule has 5 aromatic rings. The average molecular weight is 470 g/mol. The third-order valence-corrected chi connectivity index (χ3v) is 6.30. The Morgan fingerprint density at radius 3 is 2.38 bits per heavy atom. The molecule has 0 saturated heterocycles. The predicted octanol–water partition coefficient (Wildman–Crippen LogP) is 6.06. The van der Waals surface area contributed by atoms with E-state index >= 15 is 0 Å². The third-order valence-electron chi connectivity index (χ3n) is 5.27. The van der Waals surface area contributed by atoms with Crippen molar-refractivity contribution in [3.05, 3.63) is 102 Å². The van der Waals surface area contributed by atoms with Crippen molar-refractivity contribution in [1.82, 2.24) is 24.9 Å². The van der Waals surface area contributed by atoms with E-state index in [2.05, 4.69) is 20.3 Å². The fraction of sp³-hybridized carbons (Fsp3) is 0.154. The first kappa shape index (κ1) is 21.9. The van der Waals surface area contributed by atoms with Gasteiger partial charge in [0.2, 0.25) is 11.7 Å². The number of rotatable bonds is 8. The van der Waals surface area contributed by atoms with Gasteiger partial charge in [-0.1, -0.05) is 83.6 Å². The second-order valence-corrected chi connectivity index (χ2v) is 9.01. The van der Waals surface area contributed by atoms with Crippen LogP contribution in [-0.4, -0.2) is 24.9 Å². The highest BCUT2D eigenvalue weighted by Crippen LogP contribution is 2.35. The number of benzene rings is 3. The normalized spacial score (nSPS) is 11.9. The molecule has 7 nitrogen and oxygen atoms in total. The van der Waals surface area contributed by atoms with Gasteiger partial charge in [-0.25, -0.2) is 0 Å². The molecule has 8 heteroatoms. The van der Waals surface area contributed by atoms with Gasteiger partial charge in [0.25, 0.3) is 0 Å². The van der Waals surface area contributed by atoms with Crippen LogP contribution < -0.4 is 4.74 Å². The maximum absolute atomic E-state index is 6.07. The van der Waals surface area contributed by atoms with Crippen LogP contribution in [0, 0.1) is 6.92 Å².